The third-order valence-electron chi connectivity index (χ3n) is 3.04. The topological polar surface area (TPSA) is 29.5 Å². The van der Waals surface area contributed by atoms with Crippen LogP contribution in [0.2, 0.25) is 0 Å². The van der Waals surface area contributed by atoms with Crippen LogP contribution in [0.5, 0.6) is 0 Å². The van der Waals surface area contributed by atoms with Crippen molar-refractivity contribution in [3.05, 3.63) is 0 Å². The summed E-state index contributed by atoms with van der Waals surface area (Å²) >= 11 is 0. The SMILES string of the molecule is CC#CCC(=O)N(CC#CC)CC1CCOCC1. The van der Waals surface area contributed by atoms with Gasteiger partial charge in [0.1, 0.15) is 0 Å². The molecule has 0 aromatic carbocycles. The first-order valence-corrected chi connectivity index (χ1v) is 6.42. The van der Waals surface area contributed by atoms with E-state index in [0.717, 1.165) is 32.6 Å². The standard InChI is InChI=1S/C15H21NO2/c1-3-5-7-15(17)16(10-6-4-2)13-14-8-11-18-12-9-14/h14H,7-13H2,1-2H3. The number of hydrogen-bond acceptors (Lipinski definition) is 2. The number of ether oxygens (including phenoxy) is 1. The van der Waals surface area contributed by atoms with Crippen LogP contribution in [0.3, 0.4) is 0 Å². The summed E-state index contributed by atoms with van der Waals surface area (Å²) in [5.74, 6) is 12.0. The average molecular weight is 247 g/mol. The maximum absolute atomic E-state index is 12.0. The van der Waals surface area contributed by atoms with Crippen molar-refractivity contribution >= 4 is 5.91 Å². The fraction of sp³-hybridized carbons (Fsp3) is 0.667. The van der Waals surface area contributed by atoms with Crippen molar-refractivity contribution < 1.29 is 9.53 Å². The van der Waals surface area contributed by atoms with Gasteiger partial charge >= 0.3 is 0 Å². The fourth-order valence-electron chi connectivity index (χ4n) is 1.95. The molecule has 1 fully saturated rings. The quantitative estimate of drug-likeness (QED) is 0.707. The van der Waals surface area contributed by atoms with Crippen molar-refractivity contribution in [3.63, 3.8) is 0 Å². The third kappa shape index (κ3) is 5.25. The number of nitrogens with zero attached hydrogens (tertiary/aromatic N) is 1. The lowest BCUT2D eigenvalue weighted by Gasteiger charge is -2.28. The second kappa shape index (κ2) is 8.61. The van der Waals surface area contributed by atoms with Gasteiger partial charge in [-0.1, -0.05) is 11.8 Å². The smallest absolute Gasteiger partial charge is 0.235 e. The molecule has 0 aromatic heterocycles. The molecule has 0 saturated carbocycles. The van der Waals surface area contributed by atoms with E-state index in [9.17, 15) is 4.79 Å². The summed E-state index contributed by atoms with van der Waals surface area (Å²) in [5, 5.41) is 0. The van der Waals surface area contributed by atoms with E-state index in [2.05, 4.69) is 23.7 Å². The van der Waals surface area contributed by atoms with Crippen LogP contribution in [0.25, 0.3) is 0 Å². The van der Waals surface area contributed by atoms with Crippen LogP contribution >= 0.6 is 0 Å². The van der Waals surface area contributed by atoms with Crippen molar-refractivity contribution in [2.24, 2.45) is 5.92 Å². The zero-order chi connectivity index (χ0) is 13.2. The zero-order valence-electron chi connectivity index (χ0n) is 11.3. The van der Waals surface area contributed by atoms with E-state index in [-0.39, 0.29) is 5.91 Å². The van der Waals surface area contributed by atoms with E-state index in [0.29, 0.717) is 18.9 Å². The van der Waals surface area contributed by atoms with Crippen LogP contribution in [-0.2, 0) is 9.53 Å². The van der Waals surface area contributed by atoms with Gasteiger partial charge in [0.15, 0.2) is 0 Å². The van der Waals surface area contributed by atoms with Crippen LogP contribution in [0.1, 0.15) is 33.1 Å². The monoisotopic (exact) mass is 247 g/mol. The second-order valence-electron chi connectivity index (χ2n) is 4.36. The molecule has 0 atom stereocenters. The van der Waals surface area contributed by atoms with Gasteiger partial charge < -0.3 is 9.64 Å². The molecular weight excluding hydrogens is 226 g/mol. The Hall–Kier alpha value is -1.45. The maximum atomic E-state index is 12.0. The molecule has 0 bridgehead atoms. The molecule has 3 heteroatoms. The lowest BCUT2D eigenvalue weighted by atomic mass is 9.99. The molecule has 0 radical (unpaired) electrons. The van der Waals surface area contributed by atoms with E-state index >= 15 is 0 Å². The Morgan fingerprint density at radius 2 is 1.89 bits per heavy atom. The summed E-state index contributed by atoms with van der Waals surface area (Å²) in [7, 11) is 0. The normalized spacial score (nSPS) is 15.0. The van der Waals surface area contributed by atoms with Gasteiger partial charge in [0, 0.05) is 19.8 Å². The maximum Gasteiger partial charge on any atom is 0.235 e. The molecular formula is C15H21NO2. The molecule has 1 heterocycles. The highest BCUT2D eigenvalue weighted by atomic mass is 16.5. The molecule has 0 spiro atoms. The average Bonchev–Trinajstić information content (AvgIpc) is 2.42. The molecule has 3 nitrogen and oxygen atoms in total. The molecule has 0 aromatic rings. The Bertz CT molecular complexity index is 375. The molecule has 1 amide bonds. The fourth-order valence-corrected chi connectivity index (χ4v) is 1.95. The molecule has 0 unspecified atom stereocenters. The summed E-state index contributed by atoms with van der Waals surface area (Å²) in [6.45, 7) is 6.45. The van der Waals surface area contributed by atoms with Crippen LogP contribution in [-0.4, -0.2) is 37.1 Å². The summed E-state index contributed by atoms with van der Waals surface area (Å²) in [6, 6.07) is 0. The Balaban J connectivity index is 2.53. The third-order valence-corrected chi connectivity index (χ3v) is 3.04. The first-order valence-electron chi connectivity index (χ1n) is 6.42. The first kappa shape index (κ1) is 14.6. The van der Waals surface area contributed by atoms with Gasteiger partial charge in [-0.25, -0.2) is 0 Å². The first-order chi connectivity index (χ1) is 8.77. The van der Waals surface area contributed by atoms with E-state index < -0.39 is 0 Å². The molecule has 1 rings (SSSR count). The van der Waals surface area contributed by atoms with E-state index in [1.807, 2.05) is 4.90 Å². The predicted molar refractivity (Wildman–Crippen MR) is 71.6 cm³/mol. The minimum Gasteiger partial charge on any atom is -0.381 e. The predicted octanol–water partition coefficient (Wildman–Crippen LogP) is 1.68. The number of carbonyl (C=O) groups excluding carboxylic acids is 1. The number of hydrogen-bond donors (Lipinski definition) is 0. The second-order valence-corrected chi connectivity index (χ2v) is 4.36. The van der Waals surface area contributed by atoms with Crippen molar-refractivity contribution in [2.45, 2.75) is 33.1 Å². The van der Waals surface area contributed by atoms with Gasteiger partial charge in [-0.15, -0.1) is 11.8 Å². The van der Waals surface area contributed by atoms with Gasteiger partial charge in [0.05, 0.1) is 13.0 Å². The van der Waals surface area contributed by atoms with Gasteiger partial charge in [-0.2, -0.15) is 0 Å². The Labute approximate surface area is 110 Å². The van der Waals surface area contributed by atoms with Crippen molar-refractivity contribution in [1.82, 2.24) is 4.90 Å². The minimum atomic E-state index is 0.0820. The van der Waals surface area contributed by atoms with Crippen LogP contribution < -0.4 is 0 Å². The van der Waals surface area contributed by atoms with Crippen LogP contribution in [0, 0.1) is 29.6 Å². The van der Waals surface area contributed by atoms with Crippen molar-refractivity contribution in [2.75, 3.05) is 26.3 Å². The van der Waals surface area contributed by atoms with Gasteiger partial charge in [0.2, 0.25) is 5.91 Å². The highest BCUT2D eigenvalue weighted by Crippen LogP contribution is 2.16. The number of carbonyl (C=O) groups is 1. The molecule has 98 valence electrons. The zero-order valence-corrected chi connectivity index (χ0v) is 11.3. The van der Waals surface area contributed by atoms with Crippen molar-refractivity contribution in [1.29, 1.82) is 0 Å². The van der Waals surface area contributed by atoms with Gasteiger partial charge in [-0.3, -0.25) is 4.79 Å². The lowest BCUT2D eigenvalue weighted by Crippen LogP contribution is -2.37. The molecule has 1 aliphatic rings. The van der Waals surface area contributed by atoms with Crippen LogP contribution in [0.4, 0.5) is 0 Å². The lowest BCUT2D eigenvalue weighted by molar-refractivity contribution is -0.130. The minimum absolute atomic E-state index is 0.0820. The number of amides is 1. The van der Waals surface area contributed by atoms with E-state index in [1.54, 1.807) is 13.8 Å². The largest absolute Gasteiger partial charge is 0.381 e. The van der Waals surface area contributed by atoms with E-state index in [1.165, 1.54) is 0 Å². The highest BCUT2D eigenvalue weighted by molar-refractivity contribution is 5.79. The molecule has 0 N–H and O–H groups in total. The summed E-state index contributed by atoms with van der Waals surface area (Å²) < 4.78 is 5.33. The Morgan fingerprint density at radius 3 is 2.50 bits per heavy atom. The van der Waals surface area contributed by atoms with Crippen LogP contribution in [0.15, 0.2) is 0 Å². The summed E-state index contributed by atoms with van der Waals surface area (Å²) in [4.78, 5) is 13.8. The van der Waals surface area contributed by atoms with E-state index in [4.69, 9.17) is 4.74 Å². The number of rotatable bonds is 4. The van der Waals surface area contributed by atoms with Gasteiger partial charge in [-0.05, 0) is 32.6 Å². The van der Waals surface area contributed by atoms with Crippen molar-refractivity contribution in [3.8, 4) is 23.7 Å². The summed E-state index contributed by atoms with van der Waals surface area (Å²) in [6.07, 6.45) is 2.36. The highest BCUT2D eigenvalue weighted by Gasteiger charge is 2.20. The molecule has 1 saturated heterocycles. The molecule has 0 aliphatic carbocycles. The molecule has 1 aliphatic heterocycles. The summed E-state index contributed by atoms with van der Waals surface area (Å²) in [5.41, 5.74) is 0. The molecule has 18 heavy (non-hydrogen) atoms. The Morgan fingerprint density at radius 1 is 1.22 bits per heavy atom. The van der Waals surface area contributed by atoms with Gasteiger partial charge in [0.25, 0.3) is 0 Å². The Kier molecular flexibility index (Phi) is 6.99.